The van der Waals surface area contributed by atoms with E-state index in [1.165, 1.54) is 12.1 Å². The maximum atomic E-state index is 13.2. The number of aromatic nitrogens is 1. The predicted octanol–water partition coefficient (Wildman–Crippen LogP) is 3.27. The van der Waals surface area contributed by atoms with Gasteiger partial charge in [-0.15, -0.1) is 0 Å². The molecule has 0 saturated carbocycles. The van der Waals surface area contributed by atoms with Crippen molar-refractivity contribution in [3.8, 4) is 6.07 Å². The van der Waals surface area contributed by atoms with Crippen LogP contribution in [-0.4, -0.2) is 4.98 Å². The van der Waals surface area contributed by atoms with Crippen molar-refractivity contribution >= 4 is 5.69 Å². The monoisotopic (exact) mass is 241 g/mol. The van der Waals surface area contributed by atoms with Gasteiger partial charge in [0.05, 0.1) is 5.56 Å². The van der Waals surface area contributed by atoms with Crippen molar-refractivity contribution in [2.75, 3.05) is 5.32 Å². The van der Waals surface area contributed by atoms with E-state index in [0.717, 1.165) is 11.3 Å². The lowest BCUT2D eigenvalue weighted by Crippen LogP contribution is -2.06. The van der Waals surface area contributed by atoms with E-state index in [1.807, 2.05) is 25.1 Å². The maximum Gasteiger partial charge on any atom is 0.141 e. The number of anilines is 1. The van der Waals surface area contributed by atoms with Crippen LogP contribution in [0.15, 0.2) is 42.7 Å². The van der Waals surface area contributed by atoms with E-state index in [1.54, 1.807) is 18.5 Å². The highest BCUT2D eigenvalue weighted by atomic mass is 19.1. The molecular formula is C14H12FN3. The summed E-state index contributed by atoms with van der Waals surface area (Å²) in [5.74, 6) is -0.500. The van der Waals surface area contributed by atoms with Gasteiger partial charge in [0.2, 0.25) is 0 Å². The number of nitrogens with zero attached hydrogens (tertiary/aromatic N) is 2. The minimum atomic E-state index is -0.500. The third-order valence-corrected chi connectivity index (χ3v) is 2.68. The largest absolute Gasteiger partial charge is 0.378 e. The van der Waals surface area contributed by atoms with Crippen LogP contribution in [0.3, 0.4) is 0 Å². The summed E-state index contributed by atoms with van der Waals surface area (Å²) in [6.07, 6.45) is 3.44. The van der Waals surface area contributed by atoms with Gasteiger partial charge in [0, 0.05) is 24.1 Å². The number of nitriles is 1. The molecule has 18 heavy (non-hydrogen) atoms. The van der Waals surface area contributed by atoms with E-state index in [9.17, 15) is 4.39 Å². The van der Waals surface area contributed by atoms with E-state index >= 15 is 0 Å². The molecular weight excluding hydrogens is 229 g/mol. The van der Waals surface area contributed by atoms with Crippen LogP contribution in [0, 0.1) is 17.1 Å². The molecule has 1 aromatic carbocycles. The van der Waals surface area contributed by atoms with Gasteiger partial charge in [-0.2, -0.15) is 5.26 Å². The lowest BCUT2D eigenvalue weighted by molar-refractivity contribution is 0.624. The van der Waals surface area contributed by atoms with Crippen molar-refractivity contribution in [1.29, 1.82) is 5.26 Å². The van der Waals surface area contributed by atoms with Gasteiger partial charge >= 0.3 is 0 Å². The lowest BCUT2D eigenvalue weighted by Gasteiger charge is -2.15. The molecule has 2 aromatic rings. The van der Waals surface area contributed by atoms with Gasteiger partial charge in [-0.3, -0.25) is 4.98 Å². The fourth-order valence-corrected chi connectivity index (χ4v) is 1.69. The second-order valence-corrected chi connectivity index (χ2v) is 3.95. The number of halogens is 1. The van der Waals surface area contributed by atoms with Gasteiger partial charge in [-0.05, 0) is 42.8 Å². The molecule has 0 aliphatic rings. The first kappa shape index (κ1) is 12.1. The molecule has 90 valence electrons. The molecule has 0 aliphatic heterocycles. The summed E-state index contributed by atoms with van der Waals surface area (Å²) < 4.78 is 13.2. The summed E-state index contributed by atoms with van der Waals surface area (Å²) >= 11 is 0. The van der Waals surface area contributed by atoms with E-state index in [4.69, 9.17) is 5.26 Å². The van der Waals surface area contributed by atoms with Crippen molar-refractivity contribution in [3.63, 3.8) is 0 Å². The molecule has 3 nitrogen and oxygen atoms in total. The predicted molar refractivity (Wildman–Crippen MR) is 67.4 cm³/mol. The van der Waals surface area contributed by atoms with E-state index in [2.05, 4.69) is 10.3 Å². The number of pyridine rings is 1. The molecule has 0 aliphatic carbocycles. The summed E-state index contributed by atoms with van der Waals surface area (Å²) in [4.78, 5) is 3.95. The Labute approximate surface area is 105 Å². The van der Waals surface area contributed by atoms with E-state index < -0.39 is 5.82 Å². The van der Waals surface area contributed by atoms with Crippen molar-refractivity contribution in [2.45, 2.75) is 13.0 Å². The summed E-state index contributed by atoms with van der Waals surface area (Å²) in [6, 6.07) is 10.1. The van der Waals surface area contributed by atoms with Crippen LogP contribution in [0.4, 0.5) is 10.1 Å². The van der Waals surface area contributed by atoms with E-state index in [-0.39, 0.29) is 11.6 Å². The number of hydrogen-bond acceptors (Lipinski definition) is 3. The highest BCUT2D eigenvalue weighted by Crippen LogP contribution is 2.20. The Morgan fingerprint density at radius 1 is 1.28 bits per heavy atom. The summed E-state index contributed by atoms with van der Waals surface area (Å²) in [6.45, 7) is 1.99. The molecule has 0 bridgehead atoms. The lowest BCUT2D eigenvalue weighted by atomic mass is 10.1. The van der Waals surface area contributed by atoms with Gasteiger partial charge in [0.15, 0.2) is 0 Å². The molecule has 0 spiro atoms. The number of benzene rings is 1. The highest BCUT2D eigenvalue weighted by molar-refractivity contribution is 5.51. The first-order chi connectivity index (χ1) is 8.70. The van der Waals surface area contributed by atoms with Gasteiger partial charge in [-0.25, -0.2) is 4.39 Å². The molecule has 2 rings (SSSR count). The molecule has 1 heterocycles. The van der Waals surface area contributed by atoms with Crippen LogP contribution in [0.25, 0.3) is 0 Å². The fraction of sp³-hybridized carbons (Fsp3) is 0.143. The Morgan fingerprint density at radius 2 is 2.00 bits per heavy atom. The van der Waals surface area contributed by atoms with Crippen LogP contribution in [-0.2, 0) is 0 Å². The quantitative estimate of drug-likeness (QED) is 0.897. The standard InChI is InChI=1S/C14H12FN3/c1-10(11-4-6-17-7-5-11)18-13-2-3-14(15)12(8-13)9-16/h2-8,10,18H,1H3. The zero-order valence-corrected chi connectivity index (χ0v) is 9.89. The number of rotatable bonds is 3. The Kier molecular flexibility index (Phi) is 3.54. The Bertz CT molecular complexity index is 575. The average molecular weight is 241 g/mol. The Morgan fingerprint density at radius 3 is 2.67 bits per heavy atom. The van der Waals surface area contributed by atoms with Gasteiger partial charge < -0.3 is 5.32 Å². The first-order valence-electron chi connectivity index (χ1n) is 5.57. The van der Waals surface area contributed by atoms with Crippen LogP contribution in [0.5, 0.6) is 0 Å². The molecule has 0 saturated heterocycles. The zero-order chi connectivity index (χ0) is 13.0. The maximum absolute atomic E-state index is 13.2. The molecule has 0 radical (unpaired) electrons. The molecule has 1 aromatic heterocycles. The summed E-state index contributed by atoms with van der Waals surface area (Å²) in [5, 5.41) is 12.0. The second-order valence-electron chi connectivity index (χ2n) is 3.95. The SMILES string of the molecule is CC(Nc1ccc(F)c(C#N)c1)c1ccncc1. The highest BCUT2D eigenvalue weighted by Gasteiger charge is 2.07. The topological polar surface area (TPSA) is 48.7 Å². The van der Waals surface area contributed by atoms with Crippen molar-refractivity contribution in [3.05, 3.63) is 59.7 Å². The van der Waals surface area contributed by atoms with Gasteiger partial charge in [0.1, 0.15) is 11.9 Å². The van der Waals surface area contributed by atoms with Crippen LogP contribution >= 0.6 is 0 Å². The molecule has 0 amide bonds. The molecule has 1 N–H and O–H groups in total. The Balaban J connectivity index is 2.18. The smallest absolute Gasteiger partial charge is 0.141 e. The van der Waals surface area contributed by atoms with Crippen molar-refractivity contribution in [1.82, 2.24) is 4.98 Å². The third-order valence-electron chi connectivity index (χ3n) is 2.68. The average Bonchev–Trinajstić information content (AvgIpc) is 2.42. The minimum Gasteiger partial charge on any atom is -0.378 e. The van der Waals surface area contributed by atoms with Gasteiger partial charge in [-0.1, -0.05) is 0 Å². The van der Waals surface area contributed by atoms with Crippen LogP contribution in [0.2, 0.25) is 0 Å². The third kappa shape index (κ3) is 2.64. The molecule has 4 heteroatoms. The minimum absolute atomic E-state index is 0.0435. The number of nitrogens with one attached hydrogen (secondary N) is 1. The Hall–Kier alpha value is -2.41. The fourth-order valence-electron chi connectivity index (χ4n) is 1.69. The summed E-state index contributed by atoms with van der Waals surface area (Å²) in [7, 11) is 0. The van der Waals surface area contributed by atoms with Crippen molar-refractivity contribution in [2.24, 2.45) is 0 Å². The van der Waals surface area contributed by atoms with E-state index in [0.29, 0.717) is 0 Å². The van der Waals surface area contributed by atoms with Crippen LogP contribution in [0.1, 0.15) is 24.1 Å². The molecule has 0 fully saturated rings. The van der Waals surface area contributed by atoms with Crippen molar-refractivity contribution < 1.29 is 4.39 Å². The van der Waals surface area contributed by atoms with Gasteiger partial charge in [0.25, 0.3) is 0 Å². The second kappa shape index (κ2) is 5.28. The summed E-state index contributed by atoms with van der Waals surface area (Å²) in [5.41, 5.74) is 1.84. The molecule has 1 atom stereocenters. The van der Waals surface area contributed by atoms with Crippen LogP contribution < -0.4 is 5.32 Å². The first-order valence-corrected chi connectivity index (χ1v) is 5.57. The molecule has 1 unspecified atom stereocenters. The number of hydrogen-bond donors (Lipinski definition) is 1. The normalized spacial score (nSPS) is 11.6. The zero-order valence-electron chi connectivity index (χ0n) is 9.89.